The van der Waals surface area contributed by atoms with E-state index in [4.69, 9.17) is 0 Å². The molecule has 3 N–H and O–H groups in total. The van der Waals surface area contributed by atoms with Crippen molar-refractivity contribution in [1.82, 2.24) is 40.1 Å². The van der Waals surface area contributed by atoms with E-state index in [9.17, 15) is 9.59 Å². The van der Waals surface area contributed by atoms with E-state index in [-0.39, 0.29) is 22.4 Å². The second kappa shape index (κ2) is 5.55. The monoisotopic (exact) mass is 330 g/mol. The normalized spacial score (nSPS) is 13.2. The van der Waals surface area contributed by atoms with Crippen LogP contribution in [0.4, 0.5) is 0 Å². The van der Waals surface area contributed by atoms with E-state index in [1.807, 2.05) is 20.8 Å². The molecule has 3 rings (SSSR count). The number of H-pyrrole nitrogens is 2. The number of rotatable bonds is 3. The molecule has 0 radical (unpaired) electrons. The van der Waals surface area contributed by atoms with Crippen LogP contribution in [0.3, 0.4) is 0 Å². The highest BCUT2D eigenvalue weighted by molar-refractivity contribution is 5.90. The zero-order valence-corrected chi connectivity index (χ0v) is 13.8. The third-order valence-electron chi connectivity index (χ3n) is 3.50. The Morgan fingerprint density at radius 3 is 2.75 bits per heavy atom. The quantitative estimate of drug-likeness (QED) is 0.633. The predicted octanol–water partition coefficient (Wildman–Crippen LogP) is 0.324. The van der Waals surface area contributed by atoms with E-state index < -0.39 is 11.9 Å². The Morgan fingerprint density at radius 1 is 1.33 bits per heavy atom. The molecule has 0 fully saturated rings. The van der Waals surface area contributed by atoms with Crippen LogP contribution >= 0.6 is 0 Å². The van der Waals surface area contributed by atoms with Crippen LogP contribution in [-0.4, -0.2) is 40.7 Å². The number of hydrogen-bond acceptors (Lipinski definition) is 6. The largest absolute Gasteiger partial charge is 0.339 e. The maximum absolute atomic E-state index is 12.3. The van der Waals surface area contributed by atoms with Gasteiger partial charge in [0.1, 0.15) is 5.82 Å². The number of carbonyl (C=O) groups excluding carboxylic acids is 1. The summed E-state index contributed by atoms with van der Waals surface area (Å²) in [6.07, 6.45) is 3.11. The van der Waals surface area contributed by atoms with Crippen molar-refractivity contribution in [2.45, 2.75) is 39.2 Å². The van der Waals surface area contributed by atoms with Gasteiger partial charge in [0, 0.05) is 17.8 Å². The highest BCUT2D eigenvalue weighted by atomic mass is 16.2. The van der Waals surface area contributed by atoms with E-state index in [1.165, 1.54) is 10.6 Å². The van der Waals surface area contributed by atoms with Crippen LogP contribution in [0.5, 0.6) is 0 Å². The number of amides is 1. The molecule has 0 aliphatic heterocycles. The molecular formula is C14H18N8O2. The lowest BCUT2D eigenvalue weighted by Gasteiger charge is -2.13. The molecule has 10 heteroatoms. The minimum absolute atomic E-state index is 0.0541. The summed E-state index contributed by atoms with van der Waals surface area (Å²) in [6, 6.07) is -0.481. The van der Waals surface area contributed by atoms with Crippen LogP contribution in [-0.2, 0) is 5.41 Å². The molecule has 0 spiro atoms. The molecule has 3 aromatic heterocycles. The van der Waals surface area contributed by atoms with Crippen LogP contribution in [0, 0.1) is 0 Å². The van der Waals surface area contributed by atoms with Gasteiger partial charge in [-0.25, -0.2) is 4.98 Å². The summed E-state index contributed by atoms with van der Waals surface area (Å²) >= 11 is 0. The van der Waals surface area contributed by atoms with Gasteiger partial charge in [0.25, 0.3) is 11.5 Å². The lowest BCUT2D eigenvalue weighted by Crippen LogP contribution is -2.29. The molecule has 0 bridgehead atoms. The first-order valence-corrected chi connectivity index (χ1v) is 7.43. The molecule has 0 aliphatic carbocycles. The van der Waals surface area contributed by atoms with Gasteiger partial charge >= 0.3 is 0 Å². The van der Waals surface area contributed by atoms with Crippen molar-refractivity contribution in [2.75, 3.05) is 0 Å². The average molecular weight is 330 g/mol. The number of nitrogens with zero attached hydrogens (tertiary/aromatic N) is 5. The molecule has 126 valence electrons. The number of carbonyl (C=O) groups is 1. The lowest BCUT2D eigenvalue weighted by atomic mass is 9.96. The van der Waals surface area contributed by atoms with Gasteiger partial charge in [-0.2, -0.15) is 0 Å². The van der Waals surface area contributed by atoms with E-state index in [1.54, 1.807) is 13.1 Å². The molecule has 10 nitrogen and oxygen atoms in total. The van der Waals surface area contributed by atoms with Gasteiger partial charge < -0.3 is 10.3 Å². The molecule has 0 aromatic carbocycles. The number of hydrogen-bond donors (Lipinski definition) is 3. The first-order chi connectivity index (χ1) is 11.3. The summed E-state index contributed by atoms with van der Waals surface area (Å²) in [7, 11) is 0. The first kappa shape index (κ1) is 15.8. The Kier molecular flexibility index (Phi) is 3.66. The molecular weight excluding hydrogens is 312 g/mol. The second-order valence-corrected chi connectivity index (χ2v) is 6.49. The Labute approximate surface area is 136 Å². The van der Waals surface area contributed by atoms with Crippen LogP contribution in [0.2, 0.25) is 0 Å². The van der Waals surface area contributed by atoms with Gasteiger partial charge in [-0.3, -0.25) is 19.1 Å². The van der Waals surface area contributed by atoms with Crippen molar-refractivity contribution < 1.29 is 4.79 Å². The minimum Gasteiger partial charge on any atom is -0.339 e. The van der Waals surface area contributed by atoms with Crippen molar-refractivity contribution in [2.24, 2.45) is 0 Å². The fourth-order valence-corrected chi connectivity index (χ4v) is 2.18. The SMILES string of the molecule is CC(NC(=O)c1n[nH]c(C(C)(C)C)n1)c1nnc2c(=O)[nH]ccn12. The minimum atomic E-state index is -0.481. The third kappa shape index (κ3) is 2.77. The summed E-state index contributed by atoms with van der Waals surface area (Å²) in [4.78, 5) is 30.7. The van der Waals surface area contributed by atoms with Gasteiger partial charge in [0.2, 0.25) is 11.5 Å². The maximum Gasteiger partial charge on any atom is 0.293 e. The van der Waals surface area contributed by atoms with Crippen LogP contribution < -0.4 is 10.9 Å². The van der Waals surface area contributed by atoms with Crippen LogP contribution in [0.25, 0.3) is 5.65 Å². The molecule has 1 atom stereocenters. The molecule has 0 aliphatic rings. The zero-order chi connectivity index (χ0) is 17.5. The highest BCUT2D eigenvalue weighted by Crippen LogP contribution is 2.17. The molecule has 0 saturated carbocycles. The zero-order valence-electron chi connectivity index (χ0n) is 13.8. The average Bonchev–Trinajstić information content (AvgIpc) is 3.14. The van der Waals surface area contributed by atoms with Gasteiger partial charge in [0.15, 0.2) is 5.82 Å². The second-order valence-electron chi connectivity index (χ2n) is 6.49. The van der Waals surface area contributed by atoms with Crippen molar-refractivity contribution in [3.05, 3.63) is 40.2 Å². The van der Waals surface area contributed by atoms with E-state index in [2.05, 4.69) is 35.7 Å². The van der Waals surface area contributed by atoms with Crippen LogP contribution in [0.15, 0.2) is 17.2 Å². The topological polar surface area (TPSA) is 134 Å². The predicted molar refractivity (Wildman–Crippen MR) is 84.6 cm³/mol. The summed E-state index contributed by atoms with van der Waals surface area (Å²) < 4.78 is 1.53. The van der Waals surface area contributed by atoms with Crippen molar-refractivity contribution >= 4 is 11.6 Å². The van der Waals surface area contributed by atoms with Crippen LogP contribution in [0.1, 0.15) is 56.0 Å². The molecule has 1 amide bonds. The summed E-state index contributed by atoms with van der Waals surface area (Å²) in [6.45, 7) is 7.65. The summed E-state index contributed by atoms with van der Waals surface area (Å²) in [5.74, 6) is 0.685. The van der Waals surface area contributed by atoms with E-state index in [0.717, 1.165) is 0 Å². The number of aromatic amines is 2. The fourth-order valence-electron chi connectivity index (χ4n) is 2.18. The first-order valence-electron chi connectivity index (χ1n) is 7.43. The molecule has 1 unspecified atom stereocenters. The molecule has 3 heterocycles. The number of fused-ring (bicyclic) bond motifs is 1. The maximum atomic E-state index is 12.3. The van der Waals surface area contributed by atoms with Gasteiger partial charge in [-0.15, -0.1) is 15.3 Å². The standard InChI is InChI=1S/C14H18N8O2/c1-7(9-19-20-10-12(24)15-5-6-22(9)10)16-11(23)8-17-13(21-18-8)14(2,3)4/h5-7H,1-4H3,(H,15,24)(H,16,23)(H,17,18,21). The number of aromatic nitrogens is 7. The third-order valence-corrected chi connectivity index (χ3v) is 3.50. The van der Waals surface area contributed by atoms with Gasteiger partial charge in [-0.05, 0) is 6.92 Å². The smallest absolute Gasteiger partial charge is 0.293 e. The Bertz CT molecular complexity index is 945. The molecule has 0 saturated heterocycles. The summed E-state index contributed by atoms with van der Waals surface area (Å²) in [5, 5.41) is 17.3. The van der Waals surface area contributed by atoms with Crippen molar-refractivity contribution in [3.8, 4) is 0 Å². The fraction of sp³-hybridized carbons (Fsp3) is 0.429. The van der Waals surface area contributed by atoms with E-state index in [0.29, 0.717) is 11.6 Å². The number of nitrogens with one attached hydrogen (secondary N) is 3. The van der Waals surface area contributed by atoms with Gasteiger partial charge in [0.05, 0.1) is 6.04 Å². The summed E-state index contributed by atoms with van der Waals surface area (Å²) in [5.41, 5.74) is -0.415. The Hall–Kier alpha value is -3.04. The molecule has 3 aromatic rings. The Morgan fingerprint density at radius 2 is 2.08 bits per heavy atom. The van der Waals surface area contributed by atoms with Gasteiger partial charge in [-0.1, -0.05) is 20.8 Å². The highest BCUT2D eigenvalue weighted by Gasteiger charge is 2.23. The Balaban J connectivity index is 1.82. The molecule has 24 heavy (non-hydrogen) atoms. The lowest BCUT2D eigenvalue weighted by molar-refractivity contribution is 0.0928. The van der Waals surface area contributed by atoms with Crippen molar-refractivity contribution in [1.29, 1.82) is 0 Å². The van der Waals surface area contributed by atoms with Crippen molar-refractivity contribution in [3.63, 3.8) is 0 Å². The van der Waals surface area contributed by atoms with E-state index >= 15 is 0 Å².